The van der Waals surface area contributed by atoms with Crippen LogP contribution in [0.15, 0.2) is 42.1 Å². The van der Waals surface area contributed by atoms with Crippen LogP contribution in [-0.2, 0) is 22.4 Å². The van der Waals surface area contributed by atoms with Crippen molar-refractivity contribution in [1.29, 1.82) is 5.41 Å². The second-order valence-corrected chi connectivity index (χ2v) is 8.49. The van der Waals surface area contributed by atoms with Crippen LogP contribution in [0.5, 0.6) is 0 Å². The van der Waals surface area contributed by atoms with Gasteiger partial charge in [0.15, 0.2) is 0 Å². The molecule has 0 saturated heterocycles. The molecular weight excluding hydrogens is 465 g/mol. The van der Waals surface area contributed by atoms with Gasteiger partial charge in [-0.05, 0) is 48.2 Å². The molecule has 1 amide bonds. The van der Waals surface area contributed by atoms with E-state index < -0.39 is 17.9 Å². The highest BCUT2D eigenvalue weighted by atomic mass is 35.5. The number of amides is 1. The number of carbonyl (C=O) groups excluding carboxylic acids is 1. The molecule has 5 N–H and O–H groups in total. The Labute approximate surface area is 201 Å². The molecular formula is C23H25Cl2N5O3. The molecule has 1 aromatic heterocycles. The Hall–Kier alpha value is -3.10. The number of halogens is 2. The maximum atomic E-state index is 12.7. The smallest absolute Gasteiger partial charge is 0.305 e. The van der Waals surface area contributed by atoms with E-state index in [4.69, 9.17) is 28.6 Å². The number of nitrogens with one attached hydrogen (secondary N) is 4. The largest absolute Gasteiger partial charge is 0.481 e. The first-order valence-electron chi connectivity index (χ1n) is 10.5. The lowest BCUT2D eigenvalue weighted by molar-refractivity contribution is -0.137. The summed E-state index contributed by atoms with van der Waals surface area (Å²) < 4.78 is 0. The first-order valence-corrected chi connectivity index (χ1v) is 11.3. The molecule has 0 unspecified atom stereocenters. The lowest BCUT2D eigenvalue weighted by Gasteiger charge is -2.18. The summed E-state index contributed by atoms with van der Waals surface area (Å²) in [7, 11) is 0. The number of aliphatic carboxylic acids is 1. The predicted molar refractivity (Wildman–Crippen MR) is 129 cm³/mol. The van der Waals surface area contributed by atoms with Gasteiger partial charge in [0.2, 0.25) is 0 Å². The van der Waals surface area contributed by atoms with Crippen molar-refractivity contribution < 1.29 is 14.7 Å². The molecule has 0 saturated carbocycles. The fourth-order valence-corrected chi connectivity index (χ4v) is 4.05. The summed E-state index contributed by atoms with van der Waals surface area (Å²) in [5.74, 6) is -0.752. The van der Waals surface area contributed by atoms with Crippen LogP contribution >= 0.6 is 23.2 Å². The van der Waals surface area contributed by atoms with Crippen molar-refractivity contribution >= 4 is 47.1 Å². The molecule has 0 aliphatic carbocycles. The molecule has 174 valence electrons. The number of carboxylic acid groups (broad SMARTS) is 1. The Kier molecular flexibility index (Phi) is 8.68. The van der Waals surface area contributed by atoms with Gasteiger partial charge in [-0.2, -0.15) is 0 Å². The van der Waals surface area contributed by atoms with Crippen LogP contribution in [0.4, 0.5) is 5.82 Å². The highest BCUT2D eigenvalue weighted by molar-refractivity contribution is 6.34. The second-order valence-electron chi connectivity index (χ2n) is 7.62. The predicted octanol–water partition coefficient (Wildman–Crippen LogP) is 3.74. The number of anilines is 1. The third-order valence-electron chi connectivity index (χ3n) is 5.12. The number of benzene rings is 1. The first-order chi connectivity index (χ1) is 15.9. The Morgan fingerprint density at radius 1 is 1.24 bits per heavy atom. The summed E-state index contributed by atoms with van der Waals surface area (Å²) in [6.45, 7) is 1.44. The highest BCUT2D eigenvalue weighted by Crippen LogP contribution is 2.26. The number of fused-ring (bicyclic) bond motifs is 1. The molecule has 1 atom stereocenters. The minimum atomic E-state index is -1.10. The number of aromatic nitrogens is 1. The van der Waals surface area contributed by atoms with Crippen molar-refractivity contribution in [2.24, 2.45) is 0 Å². The van der Waals surface area contributed by atoms with Crippen molar-refractivity contribution in [1.82, 2.24) is 15.6 Å². The minimum absolute atomic E-state index is 0.0542. The molecule has 1 aliphatic rings. The van der Waals surface area contributed by atoms with Gasteiger partial charge in [-0.25, -0.2) is 4.98 Å². The molecule has 10 heteroatoms. The lowest BCUT2D eigenvalue weighted by Crippen LogP contribution is -2.32. The van der Waals surface area contributed by atoms with Crippen molar-refractivity contribution in [3.63, 3.8) is 0 Å². The van der Waals surface area contributed by atoms with Gasteiger partial charge in [0, 0.05) is 47.7 Å². The van der Waals surface area contributed by atoms with Gasteiger partial charge in [0.05, 0.1) is 18.0 Å². The number of nitrogens with zero attached hydrogens (tertiary/aromatic N) is 1. The van der Waals surface area contributed by atoms with Crippen molar-refractivity contribution in [2.45, 2.75) is 31.7 Å². The van der Waals surface area contributed by atoms with Crippen LogP contribution in [0.3, 0.4) is 0 Å². The minimum Gasteiger partial charge on any atom is -0.481 e. The van der Waals surface area contributed by atoms with Crippen LogP contribution in [0.1, 0.15) is 35.7 Å². The number of hydrogen-bond donors (Lipinski definition) is 5. The maximum Gasteiger partial charge on any atom is 0.305 e. The molecule has 0 radical (unpaired) electrons. The number of rotatable bonds is 10. The van der Waals surface area contributed by atoms with E-state index in [-0.39, 0.29) is 12.0 Å². The molecule has 1 aromatic carbocycles. The van der Waals surface area contributed by atoms with E-state index in [1.807, 2.05) is 6.07 Å². The fraction of sp³-hybridized carbons (Fsp3) is 0.304. The number of aryl methyl sites for hydroxylation is 1. The molecule has 0 bridgehead atoms. The van der Waals surface area contributed by atoms with E-state index in [2.05, 4.69) is 27.0 Å². The summed E-state index contributed by atoms with van der Waals surface area (Å²) in [4.78, 5) is 28.6. The topological polar surface area (TPSA) is 127 Å². The molecule has 1 aliphatic heterocycles. The standard InChI is InChI=1S/C23H25Cl2N5O3/c24-17-8-15(9-18(25)10-17)20(11-21(31)32)30-23(33)16(12-26)13-27-7-5-19-4-3-14-2-1-6-28-22(14)29-19/h3-4,8-10,12-13,20,26-27H,1-2,5-7,11H2,(H,28,29)(H,30,33)(H,31,32)/b16-13+,26-12?/t20-/m0/s1. The lowest BCUT2D eigenvalue weighted by atomic mass is 10.0. The van der Waals surface area contributed by atoms with E-state index in [1.165, 1.54) is 17.8 Å². The summed E-state index contributed by atoms with van der Waals surface area (Å²) in [6.07, 6.45) is 4.75. The Morgan fingerprint density at radius 2 is 2.00 bits per heavy atom. The van der Waals surface area contributed by atoms with E-state index >= 15 is 0 Å². The Morgan fingerprint density at radius 3 is 2.70 bits per heavy atom. The SMILES string of the molecule is N=C/C(=C\NCCc1ccc2c(n1)NCCC2)C(=O)N[C@@H](CC(=O)O)c1cc(Cl)cc(Cl)c1. The van der Waals surface area contributed by atoms with Gasteiger partial charge in [-0.15, -0.1) is 0 Å². The molecule has 3 rings (SSSR count). The van der Waals surface area contributed by atoms with Crippen LogP contribution in [0.2, 0.25) is 10.0 Å². The Balaban J connectivity index is 1.61. The molecule has 0 spiro atoms. The normalized spacial score (nSPS) is 13.9. The van der Waals surface area contributed by atoms with Gasteiger partial charge in [-0.3, -0.25) is 9.59 Å². The average Bonchev–Trinajstić information content (AvgIpc) is 2.77. The van der Waals surface area contributed by atoms with Crippen LogP contribution in [-0.4, -0.2) is 41.3 Å². The molecule has 0 fully saturated rings. The zero-order valence-corrected chi connectivity index (χ0v) is 19.3. The third kappa shape index (κ3) is 7.20. The summed E-state index contributed by atoms with van der Waals surface area (Å²) >= 11 is 12.0. The zero-order chi connectivity index (χ0) is 23.8. The molecule has 2 aromatic rings. The quantitative estimate of drug-likeness (QED) is 0.196. The number of carboxylic acids is 1. The highest BCUT2D eigenvalue weighted by Gasteiger charge is 2.20. The number of hydrogen-bond acceptors (Lipinski definition) is 6. The van der Waals surface area contributed by atoms with Crippen molar-refractivity contribution in [3.8, 4) is 0 Å². The monoisotopic (exact) mass is 489 g/mol. The van der Waals surface area contributed by atoms with Crippen molar-refractivity contribution in [2.75, 3.05) is 18.4 Å². The third-order valence-corrected chi connectivity index (χ3v) is 5.56. The van der Waals surface area contributed by atoms with E-state index in [0.29, 0.717) is 28.6 Å². The van der Waals surface area contributed by atoms with Crippen molar-refractivity contribution in [3.05, 3.63) is 69.0 Å². The maximum absolute atomic E-state index is 12.7. The average molecular weight is 490 g/mol. The van der Waals surface area contributed by atoms with Crippen LogP contribution in [0.25, 0.3) is 0 Å². The van der Waals surface area contributed by atoms with Gasteiger partial charge in [-0.1, -0.05) is 29.3 Å². The first kappa shape index (κ1) is 24.5. The van der Waals surface area contributed by atoms with Gasteiger partial charge in [0.1, 0.15) is 5.82 Å². The second kappa shape index (κ2) is 11.7. The van der Waals surface area contributed by atoms with Gasteiger partial charge < -0.3 is 26.5 Å². The van der Waals surface area contributed by atoms with Crippen LogP contribution < -0.4 is 16.0 Å². The molecule has 8 nitrogen and oxygen atoms in total. The number of pyridine rings is 1. The molecule has 33 heavy (non-hydrogen) atoms. The van der Waals surface area contributed by atoms with Crippen LogP contribution in [0, 0.1) is 5.41 Å². The van der Waals surface area contributed by atoms with E-state index in [1.54, 1.807) is 12.1 Å². The summed E-state index contributed by atoms with van der Waals surface area (Å²) in [6, 6.07) is 7.84. The Bertz CT molecular complexity index is 1050. The summed E-state index contributed by atoms with van der Waals surface area (Å²) in [5, 5.41) is 26.5. The number of carbonyl (C=O) groups is 2. The van der Waals surface area contributed by atoms with Gasteiger partial charge >= 0.3 is 5.97 Å². The van der Waals surface area contributed by atoms with E-state index in [0.717, 1.165) is 37.1 Å². The van der Waals surface area contributed by atoms with Gasteiger partial charge in [0.25, 0.3) is 5.91 Å². The van der Waals surface area contributed by atoms with E-state index in [9.17, 15) is 14.7 Å². The molecule has 2 heterocycles. The zero-order valence-electron chi connectivity index (χ0n) is 17.8. The summed E-state index contributed by atoms with van der Waals surface area (Å²) in [5.41, 5.74) is 2.66. The fourth-order valence-electron chi connectivity index (χ4n) is 3.51.